The standard InChI is InChI=1S/C21H23BrN6O2/c1-15-2-4-16(5-3-15)21-25-20(30-26-21)14-28-10-8-27(9-11-28)13-19(29)24-18-7-6-17(22)12-23-18/h2-7,12H,8-11,13-14H2,1H3,(H,23,24,29). The third-order valence-electron chi connectivity index (χ3n) is 4.96. The van der Waals surface area contributed by atoms with Crippen molar-refractivity contribution in [1.29, 1.82) is 0 Å². The molecule has 3 heterocycles. The first-order chi connectivity index (χ1) is 14.5. The van der Waals surface area contributed by atoms with Crippen molar-refractivity contribution in [3.05, 3.63) is 58.5 Å². The number of aryl methyl sites for hydroxylation is 1. The number of carbonyl (C=O) groups is 1. The van der Waals surface area contributed by atoms with Crippen molar-refractivity contribution in [3.63, 3.8) is 0 Å². The highest BCUT2D eigenvalue weighted by atomic mass is 79.9. The summed E-state index contributed by atoms with van der Waals surface area (Å²) in [7, 11) is 0. The summed E-state index contributed by atoms with van der Waals surface area (Å²) in [5, 5.41) is 6.93. The van der Waals surface area contributed by atoms with Gasteiger partial charge in [0.25, 0.3) is 0 Å². The van der Waals surface area contributed by atoms with E-state index in [1.165, 1.54) is 5.56 Å². The molecule has 1 aliphatic rings. The van der Waals surface area contributed by atoms with Gasteiger partial charge in [-0.2, -0.15) is 4.98 Å². The highest BCUT2D eigenvalue weighted by Crippen LogP contribution is 2.17. The first-order valence-corrected chi connectivity index (χ1v) is 10.6. The largest absolute Gasteiger partial charge is 0.338 e. The number of nitrogens with zero attached hydrogens (tertiary/aromatic N) is 5. The summed E-state index contributed by atoms with van der Waals surface area (Å²) in [5.41, 5.74) is 2.15. The Hall–Kier alpha value is -2.62. The summed E-state index contributed by atoms with van der Waals surface area (Å²) in [6.45, 7) is 6.30. The zero-order chi connectivity index (χ0) is 20.9. The summed E-state index contributed by atoms with van der Waals surface area (Å²) in [6, 6.07) is 11.7. The molecule has 1 N–H and O–H groups in total. The van der Waals surface area contributed by atoms with Gasteiger partial charge in [-0.15, -0.1) is 0 Å². The van der Waals surface area contributed by atoms with Crippen LogP contribution in [0.2, 0.25) is 0 Å². The maximum absolute atomic E-state index is 12.2. The fraction of sp³-hybridized carbons (Fsp3) is 0.333. The van der Waals surface area contributed by atoms with Crippen LogP contribution in [0, 0.1) is 6.92 Å². The van der Waals surface area contributed by atoms with Crippen LogP contribution < -0.4 is 5.32 Å². The number of piperazine rings is 1. The Kier molecular flexibility index (Phi) is 6.51. The van der Waals surface area contributed by atoms with Crippen molar-refractivity contribution in [1.82, 2.24) is 24.9 Å². The summed E-state index contributed by atoms with van der Waals surface area (Å²) in [5.74, 6) is 1.72. The van der Waals surface area contributed by atoms with Gasteiger partial charge in [-0.05, 0) is 35.0 Å². The van der Waals surface area contributed by atoms with Gasteiger partial charge in [-0.25, -0.2) is 4.98 Å². The molecule has 3 aromatic rings. The lowest BCUT2D eigenvalue weighted by Crippen LogP contribution is -2.48. The summed E-state index contributed by atoms with van der Waals surface area (Å²) < 4.78 is 6.31. The van der Waals surface area contributed by atoms with Crippen molar-refractivity contribution in [2.45, 2.75) is 13.5 Å². The minimum Gasteiger partial charge on any atom is -0.338 e. The summed E-state index contributed by atoms with van der Waals surface area (Å²) in [6.07, 6.45) is 1.66. The van der Waals surface area contributed by atoms with Crippen LogP contribution >= 0.6 is 15.9 Å². The van der Waals surface area contributed by atoms with Crippen LogP contribution in [-0.4, -0.2) is 63.6 Å². The molecule has 0 saturated carbocycles. The molecule has 1 saturated heterocycles. The molecule has 0 bridgehead atoms. The van der Waals surface area contributed by atoms with Gasteiger partial charge in [0.1, 0.15) is 5.82 Å². The van der Waals surface area contributed by atoms with E-state index in [-0.39, 0.29) is 5.91 Å². The maximum Gasteiger partial charge on any atom is 0.241 e. The number of hydrogen-bond acceptors (Lipinski definition) is 7. The molecule has 1 amide bonds. The molecule has 1 aromatic carbocycles. The molecule has 156 valence electrons. The number of amides is 1. The number of nitrogens with one attached hydrogen (secondary N) is 1. The molecule has 2 aromatic heterocycles. The molecule has 9 heteroatoms. The number of hydrogen-bond donors (Lipinski definition) is 1. The smallest absolute Gasteiger partial charge is 0.241 e. The molecule has 0 unspecified atom stereocenters. The number of benzene rings is 1. The number of rotatable bonds is 6. The second-order valence-electron chi connectivity index (χ2n) is 7.34. The van der Waals surface area contributed by atoms with Gasteiger partial charge in [0.15, 0.2) is 0 Å². The van der Waals surface area contributed by atoms with Crippen molar-refractivity contribution in [2.24, 2.45) is 0 Å². The second-order valence-corrected chi connectivity index (χ2v) is 8.26. The highest BCUT2D eigenvalue weighted by Gasteiger charge is 2.21. The highest BCUT2D eigenvalue weighted by molar-refractivity contribution is 9.10. The first-order valence-electron chi connectivity index (χ1n) is 9.81. The molecule has 1 fully saturated rings. The number of halogens is 1. The first kappa shape index (κ1) is 20.6. The molecule has 8 nitrogen and oxygen atoms in total. The molecular formula is C21H23BrN6O2. The zero-order valence-electron chi connectivity index (χ0n) is 16.7. The lowest BCUT2D eigenvalue weighted by molar-refractivity contribution is -0.117. The number of pyridine rings is 1. The van der Waals surface area contributed by atoms with Crippen molar-refractivity contribution in [3.8, 4) is 11.4 Å². The molecule has 1 aliphatic heterocycles. The molecule has 0 spiro atoms. The van der Waals surface area contributed by atoms with Crippen molar-refractivity contribution >= 4 is 27.7 Å². The molecule has 0 atom stereocenters. The molecule has 0 radical (unpaired) electrons. The van der Waals surface area contributed by atoms with E-state index in [4.69, 9.17) is 4.52 Å². The number of anilines is 1. The van der Waals surface area contributed by atoms with E-state index < -0.39 is 0 Å². The monoisotopic (exact) mass is 470 g/mol. The van der Waals surface area contributed by atoms with Crippen molar-refractivity contribution < 1.29 is 9.32 Å². The zero-order valence-corrected chi connectivity index (χ0v) is 18.3. The topological polar surface area (TPSA) is 87.4 Å². The van der Waals surface area contributed by atoms with Crippen LogP contribution in [0.4, 0.5) is 5.82 Å². The fourth-order valence-corrected chi connectivity index (χ4v) is 3.51. The van der Waals surface area contributed by atoms with Crippen molar-refractivity contribution in [2.75, 3.05) is 38.0 Å². The Morgan fingerprint density at radius 1 is 1.10 bits per heavy atom. The van der Waals surface area contributed by atoms with E-state index in [9.17, 15) is 4.79 Å². The average Bonchev–Trinajstić information content (AvgIpc) is 3.20. The van der Waals surface area contributed by atoms with Crippen LogP contribution in [0.15, 0.2) is 51.6 Å². The third-order valence-corrected chi connectivity index (χ3v) is 5.43. The normalized spacial score (nSPS) is 15.3. The van der Waals surface area contributed by atoms with E-state index in [2.05, 4.69) is 46.2 Å². The van der Waals surface area contributed by atoms with Gasteiger partial charge in [0.2, 0.25) is 17.6 Å². The van der Waals surface area contributed by atoms with E-state index in [1.807, 2.05) is 37.3 Å². The Labute approximate surface area is 183 Å². The van der Waals surface area contributed by atoms with E-state index >= 15 is 0 Å². The Balaban J connectivity index is 1.23. The summed E-state index contributed by atoms with van der Waals surface area (Å²) >= 11 is 3.33. The lowest BCUT2D eigenvalue weighted by Gasteiger charge is -2.33. The average molecular weight is 471 g/mol. The van der Waals surface area contributed by atoms with Crippen LogP contribution in [0.3, 0.4) is 0 Å². The van der Waals surface area contributed by atoms with E-state index in [0.29, 0.717) is 30.6 Å². The van der Waals surface area contributed by atoms with Crippen LogP contribution in [0.1, 0.15) is 11.5 Å². The summed E-state index contributed by atoms with van der Waals surface area (Å²) in [4.78, 5) is 25.3. The fourth-order valence-electron chi connectivity index (χ4n) is 3.27. The van der Waals surface area contributed by atoms with Gasteiger partial charge >= 0.3 is 0 Å². The minimum atomic E-state index is -0.0575. The van der Waals surface area contributed by atoms with Gasteiger partial charge < -0.3 is 9.84 Å². The Morgan fingerprint density at radius 3 is 2.53 bits per heavy atom. The van der Waals surface area contributed by atoms with E-state index in [1.54, 1.807) is 12.3 Å². The molecule has 4 rings (SSSR count). The third kappa shape index (κ3) is 5.50. The van der Waals surface area contributed by atoms with Gasteiger partial charge in [-0.3, -0.25) is 14.6 Å². The molecule has 0 aliphatic carbocycles. The predicted molar refractivity (Wildman–Crippen MR) is 117 cm³/mol. The quantitative estimate of drug-likeness (QED) is 0.592. The van der Waals surface area contributed by atoms with E-state index in [0.717, 1.165) is 36.2 Å². The minimum absolute atomic E-state index is 0.0575. The van der Waals surface area contributed by atoms with Crippen LogP contribution in [0.5, 0.6) is 0 Å². The maximum atomic E-state index is 12.2. The molecule has 30 heavy (non-hydrogen) atoms. The number of carbonyl (C=O) groups excluding carboxylic acids is 1. The lowest BCUT2D eigenvalue weighted by atomic mass is 10.1. The molecular weight excluding hydrogens is 448 g/mol. The Bertz CT molecular complexity index is 981. The SMILES string of the molecule is Cc1ccc(-c2noc(CN3CCN(CC(=O)Nc4ccc(Br)cn4)CC3)n2)cc1. The van der Waals surface area contributed by atoms with Gasteiger partial charge in [0, 0.05) is 42.4 Å². The van der Waals surface area contributed by atoms with Gasteiger partial charge in [0.05, 0.1) is 13.1 Å². The van der Waals surface area contributed by atoms with Gasteiger partial charge in [-0.1, -0.05) is 35.0 Å². The predicted octanol–water partition coefficient (Wildman–Crippen LogP) is 2.96. The van der Waals surface area contributed by atoms with Crippen LogP contribution in [0.25, 0.3) is 11.4 Å². The number of aromatic nitrogens is 3. The van der Waals surface area contributed by atoms with Crippen LogP contribution in [-0.2, 0) is 11.3 Å². The second kappa shape index (κ2) is 9.46. The Morgan fingerprint density at radius 2 is 1.83 bits per heavy atom.